The third kappa shape index (κ3) is 3.45. The molecule has 0 saturated carbocycles. The maximum Gasteiger partial charge on any atom is 0.258 e. The van der Waals surface area contributed by atoms with Crippen molar-refractivity contribution >= 4 is 21.6 Å². The van der Waals surface area contributed by atoms with Gasteiger partial charge in [-0.05, 0) is 49.2 Å². The number of carbonyl (C=O) groups is 1. The number of sulfonamides is 1. The highest BCUT2D eigenvalue weighted by molar-refractivity contribution is 7.89. The molecule has 0 atom stereocenters. The minimum absolute atomic E-state index is 0.218. The molecule has 0 N–H and O–H groups in total. The molecular formula is C19H22N2O4S. The van der Waals surface area contributed by atoms with Gasteiger partial charge in [-0.25, -0.2) is 8.42 Å². The minimum atomic E-state index is -3.48. The Bertz CT molecular complexity index is 888. The molecule has 0 unspecified atom stereocenters. The van der Waals surface area contributed by atoms with Crippen molar-refractivity contribution in [3.63, 3.8) is 0 Å². The predicted molar refractivity (Wildman–Crippen MR) is 100 cm³/mol. The number of hydrogen-bond donors (Lipinski definition) is 0. The van der Waals surface area contributed by atoms with Crippen LogP contribution in [0.1, 0.15) is 23.2 Å². The first-order valence-corrected chi connectivity index (χ1v) is 9.90. The summed E-state index contributed by atoms with van der Waals surface area (Å²) in [4.78, 5) is 14.4. The van der Waals surface area contributed by atoms with Crippen LogP contribution in [0.3, 0.4) is 0 Å². The van der Waals surface area contributed by atoms with Crippen molar-refractivity contribution in [3.8, 4) is 5.75 Å². The van der Waals surface area contributed by atoms with Crippen LogP contribution in [0, 0.1) is 0 Å². The van der Waals surface area contributed by atoms with E-state index in [0.29, 0.717) is 30.1 Å². The first kappa shape index (κ1) is 18.4. The van der Waals surface area contributed by atoms with Gasteiger partial charge < -0.3 is 9.64 Å². The molecule has 26 heavy (non-hydrogen) atoms. The summed E-state index contributed by atoms with van der Waals surface area (Å²) in [5.74, 6) is 0.358. The fourth-order valence-corrected chi connectivity index (χ4v) is 4.57. The summed E-state index contributed by atoms with van der Waals surface area (Å²) >= 11 is 0. The number of hydrogen-bond acceptors (Lipinski definition) is 4. The van der Waals surface area contributed by atoms with E-state index in [0.717, 1.165) is 12.8 Å². The monoisotopic (exact) mass is 374 g/mol. The Hall–Kier alpha value is -2.38. The zero-order chi connectivity index (χ0) is 18.7. The highest BCUT2D eigenvalue weighted by Crippen LogP contribution is 2.28. The summed E-state index contributed by atoms with van der Waals surface area (Å²) in [6, 6.07) is 13.3. The predicted octanol–water partition coefficient (Wildman–Crippen LogP) is 2.76. The van der Waals surface area contributed by atoms with Crippen LogP contribution in [0.15, 0.2) is 53.4 Å². The molecule has 1 amide bonds. The molecule has 1 aliphatic heterocycles. The van der Waals surface area contributed by atoms with Crippen LogP contribution < -0.4 is 9.64 Å². The summed E-state index contributed by atoms with van der Waals surface area (Å²) in [6.45, 7) is 1.11. The molecule has 7 heteroatoms. The van der Waals surface area contributed by atoms with Gasteiger partial charge in [0.25, 0.3) is 5.91 Å². The molecule has 0 spiro atoms. The molecule has 138 valence electrons. The van der Waals surface area contributed by atoms with Crippen molar-refractivity contribution in [2.45, 2.75) is 17.7 Å². The molecule has 1 saturated heterocycles. The van der Waals surface area contributed by atoms with Gasteiger partial charge in [-0.15, -0.1) is 0 Å². The summed E-state index contributed by atoms with van der Waals surface area (Å²) < 4.78 is 31.9. The highest BCUT2D eigenvalue weighted by atomic mass is 32.2. The quantitative estimate of drug-likeness (QED) is 0.807. The van der Waals surface area contributed by atoms with E-state index in [2.05, 4.69) is 0 Å². The van der Waals surface area contributed by atoms with Crippen molar-refractivity contribution in [1.29, 1.82) is 0 Å². The van der Waals surface area contributed by atoms with E-state index in [1.165, 1.54) is 21.3 Å². The van der Waals surface area contributed by atoms with Crippen molar-refractivity contribution in [3.05, 3.63) is 54.1 Å². The Labute approximate surface area is 154 Å². The molecule has 2 aromatic rings. The maximum absolute atomic E-state index is 12.7. The number of methoxy groups -OCH3 is 1. The maximum atomic E-state index is 12.7. The van der Waals surface area contributed by atoms with Gasteiger partial charge in [0.2, 0.25) is 10.0 Å². The lowest BCUT2D eigenvalue weighted by Crippen LogP contribution is -2.28. The molecule has 0 aliphatic carbocycles. The van der Waals surface area contributed by atoms with E-state index in [-0.39, 0.29) is 10.8 Å². The smallest absolute Gasteiger partial charge is 0.258 e. The molecule has 1 aliphatic rings. The Morgan fingerprint density at radius 3 is 2.27 bits per heavy atom. The molecule has 0 aromatic heterocycles. The first-order valence-electron chi connectivity index (χ1n) is 8.46. The van der Waals surface area contributed by atoms with Crippen molar-refractivity contribution < 1.29 is 17.9 Å². The Morgan fingerprint density at radius 2 is 1.65 bits per heavy atom. The van der Waals surface area contributed by atoms with Crippen LogP contribution in [-0.4, -0.2) is 45.9 Å². The topological polar surface area (TPSA) is 66.9 Å². The number of benzene rings is 2. The van der Waals surface area contributed by atoms with Crippen molar-refractivity contribution in [2.24, 2.45) is 0 Å². The van der Waals surface area contributed by atoms with Crippen LogP contribution in [0.2, 0.25) is 0 Å². The molecule has 6 nitrogen and oxygen atoms in total. The molecular weight excluding hydrogens is 352 g/mol. The largest absolute Gasteiger partial charge is 0.495 e. The van der Waals surface area contributed by atoms with E-state index < -0.39 is 10.0 Å². The minimum Gasteiger partial charge on any atom is -0.495 e. The SMILES string of the molecule is COc1ccccc1N(C)C(=O)c1ccc(S(=O)(=O)N2CCCC2)cc1. The van der Waals surface area contributed by atoms with Crippen LogP contribution in [0.25, 0.3) is 0 Å². The highest BCUT2D eigenvalue weighted by Gasteiger charge is 2.27. The number of nitrogens with zero attached hydrogens (tertiary/aromatic N) is 2. The lowest BCUT2D eigenvalue weighted by molar-refractivity contribution is 0.0992. The molecule has 2 aromatic carbocycles. The average Bonchev–Trinajstić information content (AvgIpc) is 3.22. The van der Waals surface area contributed by atoms with E-state index in [1.54, 1.807) is 38.4 Å². The Morgan fingerprint density at radius 1 is 1.04 bits per heavy atom. The third-order valence-corrected chi connectivity index (χ3v) is 6.47. The second-order valence-electron chi connectivity index (χ2n) is 6.17. The van der Waals surface area contributed by atoms with Gasteiger partial charge in [0.15, 0.2) is 0 Å². The lowest BCUT2D eigenvalue weighted by atomic mass is 10.2. The number of ether oxygens (including phenoxy) is 1. The summed E-state index contributed by atoms with van der Waals surface area (Å²) in [6.07, 6.45) is 1.78. The van der Waals surface area contributed by atoms with Crippen LogP contribution in [0.4, 0.5) is 5.69 Å². The molecule has 3 rings (SSSR count). The fraction of sp³-hybridized carbons (Fsp3) is 0.316. The average molecular weight is 374 g/mol. The van der Waals surface area contributed by atoms with Crippen molar-refractivity contribution in [2.75, 3.05) is 32.1 Å². The summed E-state index contributed by atoms with van der Waals surface area (Å²) in [5, 5.41) is 0. The summed E-state index contributed by atoms with van der Waals surface area (Å²) in [7, 11) is -0.263. The third-order valence-electron chi connectivity index (χ3n) is 4.56. The molecule has 0 bridgehead atoms. The van der Waals surface area contributed by atoms with E-state index >= 15 is 0 Å². The standard InChI is InChI=1S/C19H22N2O4S/c1-20(17-7-3-4-8-18(17)25-2)19(22)15-9-11-16(12-10-15)26(23,24)21-13-5-6-14-21/h3-4,7-12H,5-6,13-14H2,1-2H3. The number of anilines is 1. The van der Waals surface area contributed by atoms with Gasteiger partial charge in [-0.1, -0.05) is 12.1 Å². The van der Waals surface area contributed by atoms with Crippen LogP contribution >= 0.6 is 0 Å². The molecule has 1 heterocycles. The van der Waals surface area contributed by atoms with Crippen LogP contribution in [0.5, 0.6) is 5.75 Å². The van der Waals surface area contributed by atoms with Gasteiger partial charge in [0, 0.05) is 25.7 Å². The van der Waals surface area contributed by atoms with Gasteiger partial charge in [0.05, 0.1) is 17.7 Å². The van der Waals surface area contributed by atoms with Crippen LogP contribution in [-0.2, 0) is 10.0 Å². The first-order chi connectivity index (χ1) is 12.4. The van der Waals surface area contributed by atoms with E-state index in [1.807, 2.05) is 12.1 Å². The zero-order valence-corrected chi connectivity index (χ0v) is 15.7. The van der Waals surface area contributed by atoms with Crippen molar-refractivity contribution in [1.82, 2.24) is 4.31 Å². The normalized spacial score (nSPS) is 15.0. The second-order valence-corrected chi connectivity index (χ2v) is 8.11. The van der Waals surface area contributed by atoms with E-state index in [9.17, 15) is 13.2 Å². The van der Waals surface area contributed by atoms with Gasteiger partial charge in [-0.2, -0.15) is 4.31 Å². The summed E-state index contributed by atoms with van der Waals surface area (Å²) in [5.41, 5.74) is 1.06. The van der Waals surface area contributed by atoms with Gasteiger partial charge in [-0.3, -0.25) is 4.79 Å². The fourth-order valence-electron chi connectivity index (χ4n) is 3.06. The zero-order valence-electron chi connectivity index (χ0n) is 14.9. The second kappa shape index (κ2) is 7.47. The Balaban J connectivity index is 1.83. The Kier molecular flexibility index (Phi) is 5.29. The van der Waals surface area contributed by atoms with E-state index in [4.69, 9.17) is 4.74 Å². The lowest BCUT2D eigenvalue weighted by Gasteiger charge is -2.20. The number of rotatable bonds is 5. The number of amides is 1. The molecule has 1 fully saturated rings. The molecule has 0 radical (unpaired) electrons. The number of carbonyl (C=O) groups excluding carboxylic acids is 1. The van der Waals surface area contributed by atoms with Gasteiger partial charge in [0.1, 0.15) is 5.75 Å². The van der Waals surface area contributed by atoms with Gasteiger partial charge >= 0.3 is 0 Å². The number of para-hydroxylation sites is 2.